The monoisotopic (exact) mass is 537 g/mol. The first-order valence-electron chi connectivity index (χ1n) is 11.7. The molecule has 1 fully saturated rings. The van der Waals surface area contributed by atoms with Gasteiger partial charge in [-0.1, -0.05) is 103 Å². The van der Waals surface area contributed by atoms with Crippen LogP contribution in [-0.2, 0) is 23.9 Å². The van der Waals surface area contributed by atoms with Gasteiger partial charge in [-0.3, -0.25) is 14.5 Å². The second-order valence-corrected chi connectivity index (χ2v) is 12.8. The smallest absolute Gasteiger partial charge is 0.353 e. The normalized spacial score (nSPS) is 15.2. The van der Waals surface area contributed by atoms with Gasteiger partial charge in [0.1, 0.15) is 12.0 Å². The van der Waals surface area contributed by atoms with E-state index in [1.54, 1.807) is 7.11 Å². The molecule has 1 unspecified atom stereocenters. The first-order chi connectivity index (χ1) is 18.0. The molecular weight excluding hydrogens is 509 g/mol. The fraction of sp³-hybridized carbons (Fsp3) is 0.214. The molecule has 0 aromatic heterocycles. The zero-order valence-electron chi connectivity index (χ0n) is 20.4. The van der Waals surface area contributed by atoms with Gasteiger partial charge in [-0.2, -0.15) is 0 Å². The van der Waals surface area contributed by atoms with Gasteiger partial charge in [-0.05, 0) is 15.9 Å². The quantitative estimate of drug-likeness (QED) is 0.228. The van der Waals surface area contributed by atoms with E-state index < -0.39 is 18.2 Å². The number of carboxylic acids is 1. The molecule has 4 rings (SSSR count). The predicted molar refractivity (Wildman–Crippen MR) is 148 cm³/mol. The Morgan fingerprint density at radius 1 is 0.892 bits per heavy atom. The Bertz CT molecular complexity index is 1200. The number of amides is 1. The van der Waals surface area contributed by atoms with Crippen LogP contribution < -0.4 is 15.9 Å². The van der Waals surface area contributed by atoms with E-state index >= 15 is 0 Å². The first kappa shape index (κ1) is 26.9. The van der Waals surface area contributed by atoms with Crippen LogP contribution in [0.4, 0.5) is 0 Å². The van der Waals surface area contributed by atoms with E-state index in [2.05, 4.69) is 0 Å². The average molecular weight is 538 g/mol. The summed E-state index contributed by atoms with van der Waals surface area (Å²) in [6.07, 6.45) is 0.0730. The van der Waals surface area contributed by atoms with Gasteiger partial charge in [-0.15, -0.1) is 0 Å². The molecule has 9 heteroatoms. The van der Waals surface area contributed by atoms with Crippen molar-refractivity contribution in [3.8, 4) is 0 Å². The second-order valence-electron chi connectivity index (χ2n) is 8.26. The molecule has 1 saturated heterocycles. The van der Waals surface area contributed by atoms with Gasteiger partial charge in [0.25, 0.3) is 0 Å². The van der Waals surface area contributed by atoms with Crippen molar-refractivity contribution in [3.05, 3.63) is 91.0 Å². The number of nitrogens with zero attached hydrogens (tertiary/aromatic N) is 1. The Morgan fingerprint density at radius 3 is 1.78 bits per heavy atom. The summed E-state index contributed by atoms with van der Waals surface area (Å²) in [7, 11) is 1.54. The Labute approximate surface area is 220 Å². The molecule has 0 saturated carbocycles. The maximum Gasteiger partial charge on any atom is 0.353 e. The molecule has 7 nitrogen and oxygen atoms in total. The molecule has 1 amide bonds. The van der Waals surface area contributed by atoms with Gasteiger partial charge < -0.3 is 14.6 Å². The van der Waals surface area contributed by atoms with Crippen LogP contribution in [0.3, 0.4) is 0 Å². The Morgan fingerprint density at radius 2 is 1.38 bits per heavy atom. The highest BCUT2D eigenvalue weighted by Crippen LogP contribution is 2.49. The number of hydrogen-bond donors (Lipinski definition) is 1. The van der Waals surface area contributed by atoms with Gasteiger partial charge in [0.15, 0.2) is 0 Å². The predicted octanol–water partition coefficient (Wildman–Crippen LogP) is 2.68. The van der Waals surface area contributed by atoms with Gasteiger partial charge >= 0.3 is 5.97 Å². The zero-order chi connectivity index (χ0) is 26.3. The fourth-order valence-electron chi connectivity index (χ4n) is 4.40. The Balaban J connectivity index is 1.92. The minimum Gasteiger partial charge on any atom is -0.477 e. The Hall–Kier alpha value is -3.16. The molecule has 0 aliphatic carbocycles. The minimum atomic E-state index is -3.04. The first-order valence-corrected chi connectivity index (χ1v) is 14.4. The van der Waals surface area contributed by atoms with Crippen molar-refractivity contribution in [2.24, 2.45) is 0 Å². The maximum atomic E-state index is 13.2. The summed E-state index contributed by atoms with van der Waals surface area (Å²) in [6.45, 7) is -2.55. The van der Waals surface area contributed by atoms with Crippen LogP contribution in [0.25, 0.3) is 0 Å². The molecule has 1 aliphatic rings. The largest absolute Gasteiger partial charge is 0.477 e. The molecule has 1 heterocycles. The van der Waals surface area contributed by atoms with Crippen molar-refractivity contribution in [2.75, 3.05) is 26.9 Å². The van der Waals surface area contributed by atoms with E-state index in [4.69, 9.17) is 9.47 Å². The lowest BCUT2D eigenvalue weighted by Gasteiger charge is -2.43. The summed E-state index contributed by atoms with van der Waals surface area (Å²) in [6, 6.07) is 28.4. The third-order valence-electron chi connectivity index (χ3n) is 5.99. The van der Waals surface area contributed by atoms with E-state index in [1.165, 1.54) is 4.90 Å². The average Bonchev–Trinajstić information content (AvgIpc) is 2.92. The van der Waals surface area contributed by atoms with Crippen LogP contribution in [0.15, 0.2) is 91.0 Å². The van der Waals surface area contributed by atoms with Crippen LogP contribution >= 0.6 is 18.6 Å². The van der Waals surface area contributed by atoms with Crippen molar-refractivity contribution >= 4 is 57.0 Å². The van der Waals surface area contributed by atoms with E-state index in [0.717, 1.165) is 27.7 Å². The van der Waals surface area contributed by atoms with Crippen LogP contribution in [0.1, 0.15) is 6.42 Å². The van der Waals surface area contributed by atoms with Gasteiger partial charge in [0.05, 0.1) is 25.0 Å². The van der Waals surface area contributed by atoms with E-state index in [1.807, 2.05) is 91.0 Å². The molecule has 37 heavy (non-hydrogen) atoms. The molecular formula is C28H28NO6PS. The fourth-order valence-corrected chi connectivity index (χ4v) is 9.83. The van der Waals surface area contributed by atoms with Crippen LogP contribution in [0.2, 0.25) is 0 Å². The summed E-state index contributed by atoms with van der Waals surface area (Å²) in [5.74, 6) is -1.51. The number of β-lactam (4-membered cyclic amide) rings is 1. The number of hydrogen-bond acceptors (Lipinski definition) is 6. The lowest BCUT2D eigenvalue weighted by Crippen LogP contribution is -2.58. The zero-order valence-corrected chi connectivity index (χ0v) is 22.1. The highest BCUT2D eigenvalue weighted by Gasteiger charge is 2.47. The standard InChI is InChI=1S/C28H28NO6PS/c1-34-17-18-35-20-26(31)37-25-19-24(30)29(25)27(28(32)33)36(21-11-5-2-6-12-21,22-13-7-3-8-14-22)23-15-9-4-10-16-23/h2-16,25H,17-20H2,1H3,(H,32,33). The van der Waals surface area contributed by atoms with Crippen LogP contribution in [0, 0.1) is 0 Å². The molecule has 3 aromatic carbocycles. The van der Waals surface area contributed by atoms with Gasteiger partial charge in [0, 0.05) is 14.0 Å². The second kappa shape index (κ2) is 12.4. The number of benzene rings is 3. The molecule has 192 valence electrons. The topological polar surface area (TPSA) is 93.1 Å². The van der Waals surface area contributed by atoms with Crippen LogP contribution in [0.5, 0.6) is 0 Å². The minimum absolute atomic E-state index is 0.00190. The van der Waals surface area contributed by atoms with Crippen molar-refractivity contribution in [1.29, 1.82) is 0 Å². The summed E-state index contributed by atoms with van der Waals surface area (Å²) in [4.78, 5) is 40.2. The van der Waals surface area contributed by atoms with Gasteiger partial charge in [-0.25, -0.2) is 4.79 Å². The molecule has 0 bridgehead atoms. The number of carboxylic acid groups (broad SMARTS) is 1. The number of rotatable bonds is 11. The number of methoxy groups -OCH3 is 1. The number of thioether (sulfide) groups is 1. The summed E-state index contributed by atoms with van der Waals surface area (Å²) in [5.41, 5.74) is -0.00190. The number of carbonyl (C=O) groups is 3. The highest BCUT2D eigenvalue weighted by atomic mass is 32.2. The number of carbonyl (C=O) groups excluding carboxylic acids is 2. The van der Waals surface area contributed by atoms with Crippen LogP contribution in [-0.4, -0.2) is 64.7 Å². The summed E-state index contributed by atoms with van der Waals surface area (Å²) in [5, 5.41) is 12.3. The maximum absolute atomic E-state index is 13.2. The molecule has 1 N–H and O–H groups in total. The summed E-state index contributed by atoms with van der Waals surface area (Å²) >= 11 is 0.938. The lowest BCUT2D eigenvalue weighted by molar-refractivity contribution is -0.139. The lowest BCUT2D eigenvalue weighted by atomic mass is 10.2. The number of likely N-dealkylation sites (tertiary alicyclic amines) is 1. The third-order valence-corrected chi connectivity index (χ3v) is 11.3. The molecule has 1 aliphatic heterocycles. The molecule has 0 spiro atoms. The molecule has 1 atom stereocenters. The molecule has 0 radical (unpaired) electrons. The van der Waals surface area contributed by atoms with E-state index in [-0.39, 0.29) is 36.1 Å². The third kappa shape index (κ3) is 5.58. The van der Waals surface area contributed by atoms with Crippen molar-refractivity contribution in [3.63, 3.8) is 0 Å². The van der Waals surface area contributed by atoms with Crippen molar-refractivity contribution < 1.29 is 29.0 Å². The van der Waals surface area contributed by atoms with Crippen molar-refractivity contribution in [2.45, 2.75) is 11.8 Å². The molecule has 3 aromatic rings. The number of aliphatic carboxylic acids is 1. The Kier molecular flexibility index (Phi) is 9.00. The van der Waals surface area contributed by atoms with E-state index in [9.17, 15) is 19.5 Å². The highest BCUT2D eigenvalue weighted by molar-refractivity contribution is 8.14. The van der Waals surface area contributed by atoms with Crippen molar-refractivity contribution in [1.82, 2.24) is 4.90 Å². The number of ether oxygens (including phenoxy) is 2. The SMILES string of the molecule is COCCOCC(=O)SC1CC(=O)N1C(C(=O)O)=P(c1ccccc1)(c1ccccc1)c1ccccc1. The van der Waals surface area contributed by atoms with Gasteiger partial charge in [0.2, 0.25) is 11.0 Å². The van der Waals surface area contributed by atoms with E-state index in [0.29, 0.717) is 6.61 Å². The summed E-state index contributed by atoms with van der Waals surface area (Å²) < 4.78 is 10.3.